The monoisotopic (exact) mass is 294 g/mol. The highest BCUT2D eigenvalue weighted by atomic mass is 35.5. The van der Waals surface area contributed by atoms with Gasteiger partial charge in [-0.25, -0.2) is 0 Å². The first-order valence-electron chi connectivity index (χ1n) is 6.07. The van der Waals surface area contributed by atoms with Gasteiger partial charge in [0, 0.05) is 0 Å². The minimum Gasteiger partial charge on any atom is -0.334 e. The van der Waals surface area contributed by atoms with Gasteiger partial charge < -0.3 is 4.90 Å². The molecule has 1 fully saturated rings. The molecule has 1 saturated heterocycles. The van der Waals surface area contributed by atoms with Crippen LogP contribution in [0.15, 0.2) is 6.20 Å². The number of hydrogen-bond donors (Lipinski definition) is 2. The highest BCUT2D eigenvalue weighted by Gasteiger charge is 2.34. The predicted molar refractivity (Wildman–Crippen MR) is 71.3 cm³/mol. The Hall–Kier alpha value is -2.22. The number of carbonyl (C=O) groups is 2. The van der Waals surface area contributed by atoms with Crippen molar-refractivity contribution in [3.05, 3.63) is 11.5 Å². The molecule has 0 aliphatic carbocycles. The first-order valence-corrected chi connectivity index (χ1v) is 6.45. The largest absolute Gasteiger partial charge is 0.334 e. The second-order valence-electron chi connectivity index (χ2n) is 4.41. The van der Waals surface area contributed by atoms with Crippen molar-refractivity contribution in [2.24, 2.45) is 0 Å². The summed E-state index contributed by atoms with van der Waals surface area (Å²) in [5, 5.41) is 9.56. The predicted octanol–water partition coefficient (Wildman–Crippen LogP) is 0.248. The van der Waals surface area contributed by atoms with Gasteiger partial charge >= 0.3 is 0 Å². The molecule has 2 aromatic rings. The molecule has 0 saturated carbocycles. The van der Waals surface area contributed by atoms with Crippen LogP contribution in [0.5, 0.6) is 0 Å². The molecule has 0 radical (unpaired) electrons. The van der Waals surface area contributed by atoms with Gasteiger partial charge in [-0.1, -0.05) is 6.92 Å². The number of fused-ring (bicyclic) bond motifs is 1. The molecule has 1 atom stereocenters. The van der Waals surface area contributed by atoms with Gasteiger partial charge in [-0.2, -0.15) is 15.1 Å². The van der Waals surface area contributed by atoms with Crippen molar-refractivity contribution in [2.75, 3.05) is 11.4 Å². The normalized spacial score (nSPS) is 19.5. The molecule has 0 spiro atoms. The Morgan fingerprint density at radius 2 is 2.25 bits per heavy atom. The molecule has 3 heterocycles. The number of H-pyrrole nitrogens is 1. The number of halogens is 1. The molecule has 2 aromatic heterocycles. The lowest BCUT2D eigenvalue weighted by molar-refractivity contribution is -0.132. The second kappa shape index (κ2) is 4.71. The summed E-state index contributed by atoms with van der Waals surface area (Å²) in [5.41, 5.74) is 0.466. The van der Waals surface area contributed by atoms with E-state index < -0.39 is 6.04 Å². The maximum absolute atomic E-state index is 11.9. The zero-order valence-corrected chi connectivity index (χ0v) is 11.3. The van der Waals surface area contributed by atoms with Crippen LogP contribution in [0.3, 0.4) is 0 Å². The molecule has 8 nitrogen and oxygen atoms in total. The number of piperazine rings is 1. The summed E-state index contributed by atoms with van der Waals surface area (Å²) in [4.78, 5) is 33.3. The number of amides is 2. The maximum Gasteiger partial charge on any atom is 0.249 e. The Kier molecular flexibility index (Phi) is 3.01. The van der Waals surface area contributed by atoms with E-state index in [0.717, 1.165) is 0 Å². The summed E-state index contributed by atoms with van der Waals surface area (Å²) >= 11 is 5.88. The molecule has 2 amide bonds. The minimum atomic E-state index is -0.475. The Bertz CT molecular complexity index is 699. The van der Waals surface area contributed by atoms with Gasteiger partial charge in [-0.3, -0.25) is 20.0 Å². The van der Waals surface area contributed by atoms with E-state index in [1.807, 2.05) is 6.92 Å². The van der Waals surface area contributed by atoms with E-state index in [0.29, 0.717) is 23.3 Å². The van der Waals surface area contributed by atoms with Crippen molar-refractivity contribution in [3.63, 3.8) is 0 Å². The van der Waals surface area contributed by atoms with Crippen LogP contribution in [-0.2, 0) is 9.59 Å². The minimum absolute atomic E-state index is 0.0324. The molecule has 104 valence electrons. The number of rotatable bonds is 2. The van der Waals surface area contributed by atoms with Gasteiger partial charge in [-0.15, -0.1) is 0 Å². The average molecular weight is 295 g/mol. The summed E-state index contributed by atoms with van der Waals surface area (Å²) in [7, 11) is 0. The molecular formula is C11H11ClN6O2. The lowest BCUT2D eigenvalue weighted by Gasteiger charge is -2.34. The van der Waals surface area contributed by atoms with Gasteiger partial charge in [0.15, 0.2) is 5.65 Å². The summed E-state index contributed by atoms with van der Waals surface area (Å²) in [6.07, 6.45) is 2.09. The third kappa shape index (κ3) is 1.97. The van der Waals surface area contributed by atoms with Crippen LogP contribution < -0.4 is 10.2 Å². The Morgan fingerprint density at radius 3 is 3.00 bits per heavy atom. The fourth-order valence-corrected chi connectivity index (χ4v) is 2.47. The van der Waals surface area contributed by atoms with Crippen molar-refractivity contribution >= 4 is 40.3 Å². The molecule has 1 aliphatic rings. The van der Waals surface area contributed by atoms with Gasteiger partial charge in [0.05, 0.1) is 18.1 Å². The van der Waals surface area contributed by atoms with Crippen LogP contribution in [0.4, 0.5) is 5.82 Å². The van der Waals surface area contributed by atoms with E-state index in [4.69, 9.17) is 11.6 Å². The molecule has 20 heavy (non-hydrogen) atoms. The fraction of sp³-hybridized carbons (Fsp3) is 0.364. The van der Waals surface area contributed by atoms with Crippen molar-refractivity contribution in [1.29, 1.82) is 0 Å². The van der Waals surface area contributed by atoms with Crippen LogP contribution in [0.1, 0.15) is 13.3 Å². The number of carbonyl (C=O) groups excluding carboxylic acids is 2. The van der Waals surface area contributed by atoms with E-state index in [1.54, 1.807) is 11.1 Å². The number of aromatic amines is 1. The van der Waals surface area contributed by atoms with Crippen LogP contribution in [0.2, 0.25) is 5.28 Å². The zero-order valence-electron chi connectivity index (χ0n) is 10.6. The standard InChI is InChI=1S/C11H11ClN6O2/c1-2-6-10(20)14-7(19)4-18(6)9-5-3-13-17-8(5)15-11(12)16-9/h3,6H,2,4H2,1H3,(H,14,19,20)(H,13,15,16,17). The molecule has 0 aromatic carbocycles. The number of anilines is 1. The average Bonchev–Trinajstić information content (AvgIpc) is 2.84. The van der Waals surface area contributed by atoms with Crippen molar-refractivity contribution in [2.45, 2.75) is 19.4 Å². The number of imide groups is 1. The molecule has 2 N–H and O–H groups in total. The van der Waals surface area contributed by atoms with Gasteiger partial charge in [-0.05, 0) is 18.0 Å². The Morgan fingerprint density at radius 1 is 1.45 bits per heavy atom. The summed E-state index contributed by atoms with van der Waals surface area (Å²) in [6.45, 7) is 1.90. The van der Waals surface area contributed by atoms with E-state index >= 15 is 0 Å². The summed E-state index contributed by atoms with van der Waals surface area (Å²) in [5.74, 6) is -0.273. The smallest absolute Gasteiger partial charge is 0.249 e. The molecule has 0 bridgehead atoms. The molecule has 9 heteroatoms. The maximum atomic E-state index is 11.9. The fourth-order valence-electron chi connectivity index (χ4n) is 2.31. The SMILES string of the molecule is CCC1C(=O)NC(=O)CN1c1nc(Cl)nc2[nH]ncc12. The zero-order chi connectivity index (χ0) is 14.3. The molecular weight excluding hydrogens is 284 g/mol. The second-order valence-corrected chi connectivity index (χ2v) is 4.75. The Labute approximate surface area is 118 Å². The summed E-state index contributed by atoms with van der Waals surface area (Å²) in [6, 6.07) is -0.475. The lowest BCUT2D eigenvalue weighted by atomic mass is 10.1. The van der Waals surface area contributed by atoms with Gasteiger partial charge in [0.25, 0.3) is 0 Å². The molecule has 1 aliphatic heterocycles. The quantitative estimate of drug-likeness (QED) is 0.608. The first-order chi connectivity index (χ1) is 9.60. The van der Waals surface area contributed by atoms with Crippen molar-refractivity contribution < 1.29 is 9.59 Å². The third-order valence-electron chi connectivity index (χ3n) is 3.18. The van der Waals surface area contributed by atoms with Crippen molar-refractivity contribution in [1.82, 2.24) is 25.5 Å². The van der Waals surface area contributed by atoms with E-state index in [2.05, 4.69) is 25.5 Å². The number of nitrogens with one attached hydrogen (secondary N) is 2. The van der Waals surface area contributed by atoms with Crippen LogP contribution in [-0.4, -0.2) is 44.6 Å². The van der Waals surface area contributed by atoms with Crippen LogP contribution in [0, 0.1) is 0 Å². The molecule has 1 unspecified atom stereocenters. The Balaban J connectivity index is 2.14. The topological polar surface area (TPSA) is 104 Å². The van der Waals surface area contributed by atoms with Crippen LogP contribution in [0.25, 0.3) is 11.0 Å². The van der Waals surface area contributed by atoms with Gasteiger partial charge in [0.2, 0.25) is 17.1 Å². The third-order valence-corrected chi connectivity index (χ3v) is 3.35. The van der Waals surface area contributed by atoms with E-state index in [-0.39, 0.29) is 23.6 Å². The van der Waals surface area contributed by atoms with E-state index in [1.165, 1.54) is 0 Å². The lowest BCUT2D eigenvalue weighted by Crippen LogP contribution is -2.58. The van der Waals surface area contributed by atoms with E-state index in [9.17, 15) is 9.59 Å². The van der Waals surface area contributed by atoms with Crippen molar-refractivity contribution in [3.8, 4) is 0 Å². The number of hydrogen-bond acceptors (Lipinski definition) is 6. The number of aromatic nitrogens is 4. The van der Waals surface area contributed by atoms with Gasteiger partial charge in [0.1, 0.15) is 11.9 Å². The molecule has 3 rings (SSSR count). The van der Waals surface area contributed by atoms with Crippen LogP contribution >= 0.6 is 11.6 Å². The highest BCUT2D eigenvalue weighted by Crippen LogP contribution is 2.27. The first kappa shape index (κ1) is 12.8. The highest BCUT2D eigenvalue weighted by molar-refractivity contribution is 6.28. The number of nitrogens with zero attached hydrogens (tertiary/aromatic N) is 4. The summed E-state index contributed by atoms with van der Waals surface area (Å²) < 4.78 is 0.